The molecule has 0 bridgehead atoms. The van der Waals surface area contributed by atoms with Crippen LogP contribution < -0.4 is 5.32 Å². The van der Waals surface area contributed by atoms with Crippen molar-refractivity contribution < 1.29 is 14.9 Å². The van der Waals surface area contributed by atoms with Crippen molar-refractivity contribution >= 4 is 0 Å². The van der Waals surface area contributed by atoms with Gasteiger partial charge in [-0.25, -0.2) is 0 Å². The maximum Gasteiger partial charge on any atom is 0.108 e. The summed E-state index contributed by atoms with van der Waals surface area (Å²) in [5.41, 5.74) is 3.33. The zero-order chi connectivity index (χ0) is 16.5. The van der Waals surface area contributed by atoms with E-state index >= 15 is 0 Å². The number of hydrogen-bond donors (Lipinski definition) is 3. The Morgan fingerprint density at radius 1 is 1.00 bits per heavy atom. The van der Waals surface area contributed by atoms with Crippen molar-refractivity contribution in [2.45, 2.75) is 19.1 Å². The lowest BCUT2D eigenvalue weighted by Crippen LogP contribution is -2.32. The molecule has 0 saturated carbocycles. The summed E-state index contributed by atoms with van der Waals surface area (Å²) in [7, 11) is 0. The van der Waals surface area contributed by atoms with Crippen molar-refractivity contribution in [3.63, 3.8) is 0 Å². The van der Waals surface area contributed by atoms with Crippen LogP contribution in [-0.4, -0.2) is 42.6 Å². The Balaban J connectivity index is 2.04. The first kappa shape index (κ1) is 17.6. The zero-order valence-electron chi connectivity index (χ0n) is 13.5. The van der Waals surface area contributed by atoms with E-state index in [4.69, 9.17) is 9.84 Å². The van der Waals surface area contributed by atoms with E-state index in [0.717, 1.165) is 11.1 Å². The number of aryl methyl sites for hydroxylation is 1. The molecule has 0 spiro atoms. The summed E-state index contributed by atoms with van der Waals surface area (Å²) in [6.07, 6.45) is -0.817. The number of aliphatic hydroxyl groups excluding tert-OH is 2. The van der Waals surface area contributed by atoms with Crippen LogP contribution >= 0.6 is 0 Å². The van der Waals surface area contributed by atoms with Gasteiger partial charge in [-0.05, 0) is 18.1 Å². The van der Waals surface area contributed by atoms with Gasteiger partial charge in [0, 0.05) is 13.1 Å². The lowest BCUT2D eigenvalue weighted by atomic mass is 10.0. The Kier molecular flexibility index (Phi) is 7.23. The van der Waals surface area contributed by atoms with Crippen LogP contribution in [0.15, 0.2) is 54.6 Å². The van der Waals surface area contributed by atoms with Crippen molar-refractivity contribution in [1.82, 2.24) is 5.32 Å². The third-order valence-electron chi connectivity index (χ3n) is 3.61. The molecule has 0 aliphatic rings. The average Bonchev–Trinajstić information content (AvgIpc) is 2.58. The smallest absolute Gasteiger partial charge is 0.108 e. The van der Waals surface area contributed by atoms with Gasteiger partial charge in [0.25, 0.3) is 0 Å². The Hall–Kier alpha value is -1.72. The number of rotatable bonds is 9. The van der Waals surface area contributed by atoms with Gasteiger partial charge in [0.2, 0.25) is 0 Å². The molecule has 124 valence electrons. The number of benzene rings is 2. The minimum Gasteiger partial charge on any atom is -0.395 e. The molecule has 2 rings (SSSR count). The van der Waals surface area contributed by atoms with Crippen LogP contribution in [0.3, 0.4) is 0 Å². The first-order valence-electron chi connectivity index (χ1n) is 7.93. The van der Waals surface area contributed by atoms with Crippen molar-refractivity contribution in [2.75, 3.05) is 26.3 Å². The molecule has 4 heteroatoms. The number of ether oxygens (including phenoxy) is 1. The Morgan fingerprint density at radius 3 is 2.30 bits per heavy atom. The molecule has 0 aliphatic heterocycles. The summed E-state index contributed by atoms with van der Waals surface area (Å²) in [5.74, 6) is 0. The lowest BCUT2D eigenvalue weighted by molar-refractivity contribution is 0.00636. The summed E-state index contributed by atoms with van der Waals surface area (Å²) in [6, 6.07) is 18.2. The van der Waals surface area contributed by atoms with E-state index in [-0.39, 0.29) is 19.3 Å². The van der Waals surface area contributed by atoms with E-state index < -0.39 is 6.10 Å². The Bertz CT molecular complexity index is 557. The molecule has 2 atom stereocenters. The molecule has 3 N–H and O–H groups in total. The van der Waals surface area contributed by atoms with Gasteiger partial charge in [0.05, 0.1) is 19.3 Å². The highest BCUT2D eigenvalue weighted by Gasteiger charge is 2.16. The van der Waals surface area contributed by atoms with Gasteiger partial charge in [-0.15, -0.1) is 0 Å². The molecular weight excluding hydrogens is 290 g/mol. The first-order chi connectivity index (χ1) is 11.2. The van der Waals surface area contributed by atoms with Crippen LogP contribution in [-0.2, 0) is 4.74 Å². The summed E-state index contributed by atoms with van der Waals surface area (Å²) in [4.78, 5) is 0. The van der Waals surface area contributed by atoms with Gasteiger partial charge < -0.3 is 20.3 Å². The molecule has 0 amide bonds. The zero-order valence-corrected chi connectivity index (χ0v) is 13.5. The van der Waals surface area contributed by atoms with E-state index in [1.807, 2.05) is 30.3 Å². The second-order valence-corrected chi connectivity index (χ2v) is 5.62. The van der Waals surface area contributed by atoms with Gasteiger partial charge in [0.15, 0.2) is 0 Å². The maximum absolute atomic E-state index is 9.99. The van der Waals surface area contributed by atoms with Crippen LogP contribution in [0.2, 0.25) is 0 Å². The Morgan fingerprint density at radius 2 is 1.65 bits per heavy atom. The molecule has 0 fully saturated rings. The topological polar surface area (TPSA) is 61.7 Å². The lowest BCUT2D eigenvalue weighted by Gasteiger charge is -2.21. The van der Waals surface area contributed by atoms with Crippen LogP contribution in [0.25, 0.3) is 0 Å². The van der Waals surface area contributed by atoms with Crippen molar-refractivity contribution in [3.05, 3.63) is 71.3 Å². The van der Waals surface area contributed by atoms with Crippen LogP contribution in [0.1, 0.15) is 22.8 Å². The fraction of sp³-hybridized carbons (Fsp3) is 0.368. The third kappa shape index (κ3) is 5.77. The van der Waals surface area contributed by atoms with E-state index in [2.05, 4.69) is 36.5 Å². The van der Waals surface area contributed by atoms with Gasteiger partial charge in [-0.3, -0.25) is 0 Å². The van der Waals surface area contributed by atoms with E-state index in [1.54, 1.807) is 0 Å². The highest BCUT2D eigenvalue weighted by molar-refractivity contribution is 5.31. The minimum absolute atomic E-state index is 0.0591. The quantitative estimate of drug-likeness (QED) is 0.620. The molecule has 2 aromatic carbocycles. The standard InChI is InChI=1S/C19H25NO3/c1-15-7-9-17(10-8-15)19(16-5-3-2-4-6-16)23-14-18(22)13-20-11-12-21/h2-10,18-22H,11-14H2,1H3. The van der Waals surface area contributed by atoms with Gasteiger partial charge in [0.1, 0.15) is 6.10 Å². The van der Waals surface area contributed by atoms with E-state index in [1.165, 1.54) is 5.56 Å². The summed E-state index contributed by atoms with van der Waals surface area (Å²) >= 11 is 0. The van der Waals surface area contributed by atoms with E-state index in [0.29, 0.717) is 13.1 Å². The van der Waals surface area contributed by atoms with Crippen LogP contribution in [0, 0.1) is 6.92 Å². The van der Waals surface area contributed by atoms with Crippen molar-refractivity contribution in [2.24, 2.45) is 0 Å². The molecule has 0 heterocycles. The summed E-state index contributed by atoms with van der Waals surface area (Å²) in [5, 5.41) is 21.7. The first-order valence-corrected chi connectivity index (χ1v) is 7.93. The van der Waals surface area contributed by atoms with Crippen LogP contribution in [0.5, 0.6) is 0 Å². The predicted molar refractivity (Wildman–Crippen MR) is 91.4 cm³/mol. The fourth-order valence-corrected chi connectivity index (χ4v) is 2.37. The number of hydrogen-bond acceptors (Lipinski definition) is 4. The molecule has 23 heavy (non-hydrogen) atoms. The highest BCUT2D eigenvalue weighted by Crippen LogP contribution is 2.26. The SMILES string of the molecule is Cc1ccc(C(OCC(O)CNCCO)c2ccccc2)cc1. The summed E-state index contributed by atoms with van der Waals surface area (Å²) < 4.78 is 5.99. The summed E-state index contributed by atoms with van der Waals surface area (Å²) in [6.45, 7) is 3.21. The van der Waals surface area contributed by atoms with Crippen LogP contribution in [0.4, 0.5) is 0 Å². The second kappa shape index (κ2) is 9.43. The fourth-order valence-electron chi connectivity index (χ4n) is 2.37. The Labute approximate surface area is 137 Å². The third-order valence-corrected chi connectivity index (χ3v) is 3.61. The molecule has 4 nitrogen and oxygen atoms in total. The molecule has 2 aromatic rings. The average molecular weight is 315 g/mol. The number of nitrogens with one attached hydrogen (secondary N) is 1. The minimum atomic E-state index is -0.613. The predicted octanol–water partition coefficient (Wildman–Crippen LogP) is 2.04. The monoisotopic (exact) mass is 315 g/mol. The van der Waals surface area contributed by atoms with E-state index in [9.17, 15) is 5.11 Å². The molecule has 0 radical (unpaired) electrons. The highest BCUT2D eigenvalue weighted by atomic mass is 16.5. The maximum atomic E-state index is 9.99. The molecule has 0 aliphatic carbocycles. The number of aliphatic hydroxyl groups is 2. The van der Waals surface area contributed by atoms with Crippen molar-refractivity contribution in [3.8, 4) is 0 Å². The normalized spacial score (nSPS) is 13.7. The largest absolute Gasteiger partial charge is 0.395 e. The van der Waals surface area contributed by atoms with Gasteiger partial charge >= 0.3 is 0 Å². The van der Waals surface area contributed by atoms with Gasteiger partial charge in [-0.1, -0.05) is 60.2 Å². The van der Waals surface area contributed by atoms with Crippen molar-refractivity contribution in [1.29, 1.82) is 0 Å². The molecular formula is C19H25NO3. The molecule has 0 aromatic heterocycles. The van der Waals surface area contributed by atoms with Gasteiger partial charge in [-0.2, -0.15) is 0 Å². The second-order valence-electron chi connectivity index (χ2n) is 5.62. The molecule has 0 saturated heterocycles. The molecule has 2 unspecified atom stereocenters.